The molecule has 0 amide bonds. The van der Waals surface area contributed by atoms with Crippen molar-refractivity contribution in [2.45, 2.75) is 0 Å². The van der Waals surface area contributed by atoms with Crippen molar-refractivity contribution in [1.29, 1.82) is 0 Å². The van der Waals surface area contributed by atoms with Crippen molar-refractivity contribution < 1.29 is 44.2 Å². The van der Waals surface area contributed by atoms with E-state index in [0.717, 1.165) is 6.08 Å². The standard InChI is InChI=1S/C10H5ClO2.Cu.H2O4S/c11-8-5-9(12)6-3-1-2-4-7(6)10(8)13;;1-5(2,3)4/h1-5H;;(H2,1,2,3,4)/q;+2;/p-2. The Morgan fingerprint density at radius 1 is 1.00 bits per heavy atom. The first kappa shape index (κ1) is 18.0. The van der Waals surface area contributed by atoms with E-state index in [1.54, 1.807) is 24.3 Å². The molecule has 0 saturated carbocycles. The third-order valence-corrected chi connectivity index (χ3v) is 2.19. The van der Waals surface area contributed by atoms with Gasteiger partial charge >= 0.3 is 17.1 Å². The van der Waals surface area contributed by atoms with Gasteiger partial charge in [0.1, 0.15) is 0 Å². The summed E-state index contributed by atoms with van der Waals surface area (Å²) < 4.78 is 34.1. The maximum atomic E-state index is 11.4. The molecule has 0 saturated heterocycles. The average molecular weight is 352 g/mol. The maximum absolute atomic E-state index is 11.4. The summed E-state index contributed by atoms with van der Waals surface area (Å²) in [5, 5.41) is -0.0105. The molecule has 0 spiro atoms. The van der Waals surface area contributed by atoms with Crippen molar-refractivity contribution in [3.05, 3.63) is 46.5 Å². The monoisotopic (exact) mass is 351 g/mol. The molecule has 6 nitrogen and oxygen atoms in total. The van der Waals surface area contributed by atoms with Gasteiger partial charge in [-0.05, 0) is 0 Å². The minimum absolute atomic E-state index is 0. The molecule has 0 bridgehead atoms. The van der Waals surface area contributed by atoms with E-state index < -0.39 is 10.4 Å². The van der Waals surface area contributed by atoms with Gasteiger partial charge in [0, 0.05) is 27.6 Å². The van der Waals surface area contributed by atoms with E-state index in [1.165, 1.54) is 0 Å². The van der Waals surface area contributed by atoms with Crippen LogP contribution in [0.4, 0.5) is 0 Å². The first-order chi connectivity index (χ1) is 8.20. The molecule has 19 heavy (non-hydrogen) atoms. The van der Waals surface area contributed by atoms with E-state index in [9.17, 15) is 9.59 Å². The number of hydrogen-bond donors (Lipinski definition) is 0. The molecule has 0 atom stereocenters. The number of carbonyl (C=O) groups excluding carboxylic acids is 2. The van der Waals surface area contributed by atoms with Crippen molar-refractivity contribution in [3.8, 4) is 0 Å². The minimum Gasteiger partial charge on any atom is -0.759 e. The van der Waals surface area contributed by atoms with Crippen LogP contribution in [0.5, 0.6) is 0 Å². The van der Waals surface area contributed by atoms with E-state index in [1.807, 2.05) is 0 Å². The van der Waals surface area contributed by atoms with Crippen LogP contribution in [-0.4, -0.2) is 29.1 Å². The Labute approximate surface area is 124 Å². The summed E-state index contributed by atoms with van der Waals surface area (Å²) in [7, 11) is -5.17. The number of carbonyl (C=O) groups is 2. The van der Waals surface area contributed by atoms with Crippen molar-refractivity contribution in [1.82, 2.24) is 0 Å². The molecule has 105 valence electrons. The fourth-order valence-electron chi connectivity index (χ4n) is 1.28. The molecule has 1 radical (unpaired) electrons. The van der Waals surface area contributed by atoms with Gasteiger partial charge in [-0.2, -0.15) is 0 Å². The van der Waals surface area contributed by atoms with Crippen molar-refractivity contribution in [2.75, 3.05) is 0 Å². The molecule has 0 unspecified atom stereocenters. The van der Waals surface area contributed by atoms with Crippen LogP contribution in [0.1, 0.15) is 20.7 Å². The second-order valence-electron chi connectivity index (χ2n) is 3.14. The summed E-state index contributed by atoms with van der Waals surface area (Å²) in [6.45, 7) is 0. The number of Topliss-reactive ketones (excluding diaryl/α,β-unsaturated/α-hetero) is 1. The van der Waals surface area contributed by atoms with Gasteiger partial charge in [-0.3, -0.25) is 18.0 Å². The largest absolute Gasteiger partial charge is 2.00 e. The van der Waals surface area contributed by atoms with Gasteiger partial charge in [-0.25, -0.2) is 0 Å². The zero-order valence-electron chi connectivity index (χ0n) is 8.92. The number of ketones is 2. The van der Waals surface area contributed by atoms with Crippen LogP contribution in [0.3, 0.4) is 0 Å². The topological polar surface area (TPSA) is 114 Å². The van der Waals surface area contributed by atoms with Crippen LogP contribution < -0.4 is 0 Å². The molecular formula is C10H5ClCuO6S. The first-order valence-corrected chi connectivity index (χ1v) is 6.13. The number of benzene rings is 1. The zero-order chi connectivity index (χ0) is 13.9. The van der Waals surface area contributed by atoms with E-state index in [0.29, 0.717) is 11.1 Å². The Bertz CT molecular complexity index is 629. The van der Waals surface area contributed by atoms with Gasteiger partial charge < -0.3 is 9.11 Å². The maximum Gasteiger partial charge on any atom is 2.00 e. The van der Waals surface area contributed by atoms with Crippen LogP contribution in [0.25, 0.3) is 0 Å². The molecule has 0 aromatic heterocycles. The zero-order valence-corrected chi connectivity index (χ0v) is 11.4. The molecular weight excluding hydrogens is 347 g/mol. The summed E-state index contributed by atoms with van der Waals surface area (Å²) in [4.78, 5) is 22.7. The molecule has 1 aliphatic rings. The summed E-state index contributed by atoms with van der Waals surface area (Å²) in [5.41, 5.74) is 0.817. The SMILES string of the molecule is O=C1C=C(Cl)C(=O)c2ccccc21.O=S(=O)([O-])[O-].[Cu+2]. The molecule has 0 heterocycles. The van der Waals surface area contributed by atoms with Gasteiger partial charge in [0.2, 0.25) is 5.78 Å². The number of allylic oxidation sites excluding steroid dienone is 2. The number of halogens is 1. The van der Waals surface area contributed by atoms with Gasteiger partial charge in [-0.1, -0.05) is 35.9 Å². The summed E-state index contributed by atoms with van der Waals surface area (Å²) in [5.74, 6) is -0.489. The van der Waals surface area contributed by atoms with E-state index in [4.69, 9.17) is 29.1 Å². The van der Waals surface area contributed by atoms with Crippen LogP contribution in [-0.2, 0) is 27.5 Å². The van der Waals surface area contributed by atoms with E-state index >= 15 is 0 Å². The predicted octanol–water partition coefficient (Wildman–Crippen LogP) is 0.848. The first-order valence-electron chi connectivity index (χ1n) is 4.42. The van der Waals surface area contributed by atoms with Gasteiger partial charge in [-0.15, -0.1) is 0 Å². The third-order valence-electron chi connectivity index (χ3n) is 1.91. The fraction of sp³-hybridized carbons (Fsp3) is 0. The molecule has 0 N–H and O–H groups in total. The van der Waals surface area contributed by atoms with Crippen LogP contribution in [0.15, 0.2) is 35.4 Å². The number of fused-ring (bicyclic) bond motifs is 1. The van der Waals surface area contributed by atoms with Crippen LogP contribution >= 0.6 is 11.6 Å². The van der Waals surface area contributed by atoms with E-state index in [-0.39, 0.29) is 33.7 Å². The normalized spacial score (nSPS) is 13.5. The molecule has 0 aliphatic heterocycles. The Morgan fingerprint density at radius 2 is 1.42 bits per heavy atom. The van der Waals surface area contributed by atoms with Crippen LogP contribution in [0.2, 0.25) is 0 Å². The smallest absolute Gasteiger partial charge is 0.759 e. The number of hydrogen-bond acceptors (Lipinski definition) is 6. The summed E-state index contributed by atoms with van der Waals surface area (Å²) >= 11 is 5.58. The molecule has 1 aliphatic carbocycles. The second kappa shape index (κ2) is 6.95. The minimum atomic E-state index is -5.17. The molecule has 1 aromatic rings. The molecule has 0 fully saturated rings. The average Bonchev–Trinajstić information content (AvgIpc) is 2.24. The van der Waals surface area contributed by atoms with Crippen molar-refractivity contribution in [3.63, 3.8) is 0 Å². The Balaban J connectivity index is 0.000000471. The van der Waals surface area contributed by atoms with E-state index in [2.05, 4.69) is 0 Å². The fourth-order valence-corrected chi connectivity index (χ4v) is 1.48. The third kappa shape index (κ3) is 5.64. The van der Waals surface area contributed by atoms with Crippen LogP contribution in [0, 0.1) is 0 Å². The van der Waals surface area contributed by atoms with Crippen molar-refractivity contribution >= 4 is 33.6 Å². The summed E-state index contributed by atoms with van der Waals surface area (Å²) in [6.07, 6.45) is 1.16. The Morgan fingerprint density at radius 3 is 1.89 bits per heavy atom. The Hall–Kier alpha value is -1.02. The van der Waals surface area contributed by atoms with Gasteiger partial charge in [0.05, 0.1) is 5.03 Å². The van der Waals surface area contributed by atoms with Gasteiger partial charge in [0.25, 0.3) is 0 Å². The quantitative estimate of drug-likeness (QED) is 0.388. The second-order valence-corrected chi connectivity index (χ2v) is 4.36. The van der Waals surface area contributed by atoms with Crippen molar-refractivity contribution in [2.24, 2.45) is 0 Å². The number of rotatable bonds is 0. The molecule has 1 aromatic carbocycles. The molecule has 9 heteroatoms. The summed E-state index contributed by atoms with van der Waals surface area (Å²) in [6, 6.07) is 6.65. The predicted molar refractivity (Wildman–Crippen MR) is 59.5 cm³/mol. The van der Waals surface area contributed by atoms with Gasteiger partial charge in [0.15, 0.2) is 5.78 Å². The molecule has 2 rings (SSSR count). The Kier molecular flexibility index (Phi) is 6.58.